The molecule has 5 heteroatoms. The van der Waals surface area contributed by atoms with E-state index in [4.69, 9.17) is 9.47 Å². The molecule has 1 atom stereocenters. The van der Waals surface area contributed by atoms with Gasteiger partial charge in [-0.05, 0) is 47.7 Å². The van der Waals surface area contributed by atoms with Gasteiger partial charge in [0.15, 0.2) is 0 Å². The van der Waals surface area contributed by atoms with Crippen LogP contribution in [-0.2, 0) is 17.8 Å². The highest BCUT2D eigenvalue weighted by Crippen LogP contribution is 2.23. The Labute approximate surface area is 173 Å². The van der Waals surface area contributed by atoms with Gasteiger partial charge in [0, 0.05) is 37.8 Å². The van der Waals surface area contributed by atoms with Crippen LogP contribution in [0.15, 0.2) is 48.5 Å². The fourth-order valence-electron chi connectivity index (χ4n) is 3.74. The van der Waals surface area contributed by atoms with Crippen molar-refractivity contribution in [3.63, 3.8) is 0 Å². The highest BCUT2D eigenvalue weighted by Gasteiger charge is 2.22. The second-order valence-electron chi connectivity index (χ2n) is 7.28. The minimum absolute atomic E-state index is 0.0948. The maximum atomic E-state index is 12.3. The molecule has 0 fully saturated rings. The maximum absolute atomic E-state index is 12.3. The topological polar surface area (TPSA) is 50.8 Å². The minimum atomic E-state index is -0.0948. The van der Waals surface area contributed by atoms with E-state index in [9.17, 15) is 4.79 Å². The Hall–Kier alpha value is -2.79. The van der Waals surface area contributed by atoms with Crippen LogP contribution < -0.4 is 14.8 Å². The fourth-order valence-corrected chi connectivity index (χ4v) is 3.74. The summed E-state index contributed by atoms with van der Waals surface area (Å²) in [6.07, 6.45) is 5.41. The second kappa shape index (κ2) is 10.1. The highest BCUT2D eigenvalue weighted by atomic mass is 16.5. The summed E-state index contributed by atoms with van der Waals surface area (Å²) in [5.41, 5.74) is 3.70. The third-order valence-electron chi connectivity index (χ3n) is 5.46. The van der Waals surface area contributed by atoms with Gasteiger partial charge in [-0.3, -0.25) is 9.69 Å². The molecule has 0 radical (unpaired) electrons. The van der Waals surface area contributed by atoms with Gasteiger partial charge < -0.3 is 14.8 Å². The number of benzene rings is 2. The van der Waals surface area contributed by atoms with Crippen LogP contribution in [0.3, 0.4) is 0 Å². The molecular weight excluding hydrogens is 364 g/mol. The van der Waals surface area contributed by atoms with E-state index in [1.165, 1.54) is 11.1 Å². The van der Waals surface area contributed by atoms with E-state index < -0.39 is 0 Å². The smallest absolute Gasteiger partial charge is 0.244 e. The summed E-state index contributed by atoms with van der Waals surface area (Å²) in [4.78, 5) is 14.8. The van der Waals surface area contributed by atoms with Gasteiger partial charge in [0.05, 0.1) is 14.2 Å². The number of nitrogens with zero attached hydrogens (tertiary/aromatic N) is 1. The lowest BCUT2D eigenvalue weighted by Crippen LogP contribution is -2.45. The zero-order valence-electron chi connectivity index (χ0n) is 17.5. The summed E-state index contributed by atoms with van der Waals surface area (Å²) < 4.78 is 10.5. The molecule has 1 amide bonds. The number of carbonyl (C=O) groups is 1. The van der Waals surface area contributed by atoms with Crippen molar-refractivity contribution < 1.29 is 14.3 Å². The van der Waals surface area contributed by atoms with Gasteiger partial charge in [0.25, 0.3) is 0 Å². The van der Waals surface area contributed by atoms with Gasteiger partial charge >= 0.3 is 0 Å². The first-order valence-corrected chi connectivity index (χ1v) is 10.1. The second-order valence-corrected chi connectivity index (χ2v) is 7.28. The number of hydrogen-bond acceptors (Lipinski definition) is 4. The number of fused-ring (bicyclic) bond motifs is 1. The van der Waals surface area contributed by atoms with Crippen molar-refractivity contribution in [2.75, 3.05) is 27.3 Å². The molecule has 2 aromatic carbocycles. The van der Waals surface area contributed by atoms with Crippen molar-refractivity contribution in [3.8, 4) is 11.5 Å². The molecular formula is C24H30N2O3. The van der Waals surface area contributed by atoms with E-state index >= 15 is 0 Å². The SMILES string of the molecule is CCC(CNC(=O)/C=C/c1cc(OC)cc(OC)c1)N1CCc2ccccc2C1. The molecule has 1 aliphatic rings. The van der Waals surface area contributed by atoms with Crippen LogP contribution in [0.25, 0.3) is 6.08 Å². The average molecular weight is 395 g/mol. The first-order valence-electron chi connectivity index (χ1n) is 10.1. The normalized spacial score (nSPS) is 15.0. The Balaban J connectivity index is 1.56. The van der Waals surface area contributed by atoms with Crippen molar-refractivity contribution in [3.05, 3.63) is 65.2 Å². The number of nitrogens with one attached hydrogen (secondary N) is 1. The number of hydrogen-bond donors (Lipinski definition) is 1. The van der Waals surface area contributed by atoms with Crippen LogP contribution in [0.5, 0.6) is 11.5 Å². The van der Waals surface area contributed by atoms with Gasteiger partial charge in [-0.1, -0.05) is 31.2 Å². The van der Waals surface area contributed by atoms with E-state index in [0.717, 1.165) is 31.5 Å². The first-order chi connectivity index (χ1) is 14.1. The van der Waals surface area contributed by atoms with E-state index in [1.807, 2.05) is 12.1 Å². The van der Waals surface area contributed by atoms with Gasteiger partial charge in [-0.15, -0.1) is 0 Å². The van der Waals surface area contributed by atoms with Gasteiger partial charge in [0.1, 0.15) is 11.5 Å². The molecule has 154 valence electrons. The predicted octanol–water partition coefficient (Wildman–Crippen LogP) is 3.67. The largest absolute Gasteiger partial charge is 0.497 e. The molecule has 0 aromatic heterocycles. The Kier molecular flexibility index (Phi) is 7.30. The molecule has 1 N–H and O–H groups in total. The standard InChI is InChI=1S/C24H30N2O3/c1-4-21(26-12-11-19-7-5-6-8-20(19)17-26)16-25-24(27)10-9-18-13-22(28-2)15-23(14-18)29-3/h5-10,13-15,21H,4,11-12,16-17H2,1-3H3,(H,25,27)/b10-9+. The van der Waals surface area contributed by atoms with Crippen molar-refractivity contribution in [2.45, 2.75) is 32.4 Å². The highest BCUT2D eigenvalue weighted by molar-refractivity contribution is 5.91. The number of ether oxygens (including phenoxy) is 2. The van der Waals surface area contributed by atoms with Crippen LogP contribution in [-0.4, -0.2) is 44.2 Å². The summed E-state index contributed by atoms with van der Waals surface area (Å²) in [5, 5.41) is 3.05. The monoisotopic (exact) mass is 394 g/mol. The van der Waals surface area contributed by atoms with Crippen LogP contribution in [0, 0.1) is 0 Å². The Morgan fingerprint density at radius 2 is 1.83 bits per heavy atom. The quantitative estimate of drug-likeness (QED) is 0.694. The third-order valence-corrected chi connectivity index (χ3v) is 5.46. The molecule has 2 aromatic rings. The van der Waals surface area contributed by atoms with E-state index in [-0.39, 0.29) is 5.91 Å². The van der Waals surface area contributed by atoms with Gasteiger partial charge in [-0.2, -0.15) is 0 Å². The fraction of sp³-hybridized carbons (Fsp3) is 0.375. The van der Waals surface area contributed by atoms with E-state index in [2.05, 4.69) is 41.4 Å². The van der Waals surface area contributed by atoms with Crippen LogP contribution in [0.2, 0.25) is 0 Å². The number of rotatable bonds is 8. The van der Waals surface area contributed by atoms with Crippen molar-refractivity contribution in [1.82, 2.24) is 10.2 Å². The van der Waals surface area contributed by atoms with Crippen molar-refractivity contribution in [2.24, 2.45) is 0 Å². The average Bonchev–Trinajstić information content (AvgIpc) is 2.77. The molecule has 0 aliphatic carbocycles. The summed E-state index contributed by atoms with van der Waals surface area (Å²) in [6.45, 7) is 4.80. The zero-order chi connectivity index (χ0) is 20.6. The van der Waals surface area contributed by atoms with Crippen LogP contribution in [0.4, 0.5) is 0 Å². The van der Waals surface area contributed by atoms with Gasteiger partial charge in [-0.25, -0.2) is 0 Å². The lowest BCUT2D eigenvalue weighted by molar-refractivity contribution is -0.116. The number of carbonyl (C=O) groups excluding carboxylic acids is 1. The molecule has 5 nitrogen and oxygen atoms in total. The van der Waals surface area contributed by atoms with E-state index in [0.29, 0.717) is 24.1 Å². The molecule has 3 rings (SSSR count). The maximum Gasteiger partial charge on any atom is 0.244 e. The van der Waals surface area contributed by atoms with Crippen LogP contribution >= 0.6 is 0 Å². The molecule has 0 bridgehead atoms. The lowest BCUT2D eigenvalue weighted by Gasteiger charge is -2.35. The molecule has 1 unspecified atom stereocenters. The molecule has 1 aliphatic heterocycles. The Morgan fingerprint density at radius 1 is 1.14 bits per heavy atom. The molecule has 0 saturated carbocycles. The van der Waals surface area contributed by atoms with Crippen LogP contribution in [0.1, 0.15) is 30.0 Å². The third kappa shape index (κ3) is 5.61. The summed E-state index contributed by atoms with van der Waals surface area (Å²) in [5.74, 6) is 1.30. The predicted molar refractivity (Wildman–Crippen MR) is 116 cm³/mol. The number of methoxy groups -OCH3 is 2. The van der Waals surface area contributed by atoms with Crippen molar-refractivity contribution in [1.29, 1.82) is 0 Å². The van der Waals surface area contributed by atoms with Crippen molar-refractivity contribution >= 4 is 12.0 Å². The summed E-state index contributed by atoms with van der Waals surface area (Å²) in [6, 6.07) is 14.5. The summed E-state index contributed by atoms with van der Waals surface area (Å²) >= 11 is 0. The Bertz CT molecular complexity index is 841. The van der Waals surface area contributed by atoms with Gasteiger partial charge in [0.2, 0.25) is 5.91 Å². The summed E-state index contributed by atoms with van der Waals surface area (Å²) in [7, 11) is 3.22. The molecule has 0 spiro atoms. The molecule has 0 saturated heterocycles. The van der Waals surface area contributed by atoms with E-state index in [1.54, 1.807) is 32.4 Å². The Morgan fingerprint density at radius 3 is 2.48 bits per heavy atom. The zero-order valence-corrected chi connectivity index (χ0v) is 17.5. The molecule has 1 heterocycles. The first kappa shape index (κ1) is 20.9. The molecule has 29 heavy (non-hydrogen) atoms. The lowest BCUT2D eigenvalue weighted by atomic mass is 9.98. The number of amides is 1. The minimum Gasteiger partial charge on any atom is -0.497 e.